The van der Waals surface area contributed by atoms with Gasteiger partial charge in [0.05, 0.1) is 26.4 Å². The molecule has 1 aliphatic rings. The highest BCUT2D eigenvalue weighted by molar-refractivity contribution is 7.98. The molecule has 0 N–H and O–H groups in total. The normalized spacial score (nSPS) is 19.2. The number of hydrogen-bond donors (Lipinski definition) is 0. The Morgan fingerprint density at radius 2 is 2.08 bits per heavy atom. The molecule has 1 heterocycles. The van der Waals surface area contributed by atoms with Crippen molar-refractivity contribution in [2.24, 2.45) is 0 Å². The van der Waals surface area contributed by atoms with Crippen LogP contribution in [-0.4, -0.2) is 63.0 Å². The van der Waals surface area contributed by atoms with Crippen LogP contribution in [0.5, 0.6) is 0 Å². The van der Waals surface area contributed by atoms with Crippen molar-refractivity contribution < 1.29 is 9.47 Å². The van der Waals surface area contributed by atoms with Gasteiger partial charge in [0, 0.05) is 25.4 Å². The van der Waals surface area contributed by atoms with Gasteiger partial charge in [-0.2, -0.15) is 11.8 Å². The minimum Gasteiger partial charge on any atom is -0.379 e. The second kappa shape index (κ2) is 7.62. The smallest absolute Gasteiger partial charge is 0.0594 e. The first-order valence-electron chi connectivity index (χ1n) is 4.80. The van der Waals surface area contributed by atoms with Crippen molar-refractivity contribution in [3.8, 4) is 0 Å². The topological polar surface area (TPSA) is 21.7 Å². The van der Waals surface area contributed by atoms with E-state index in [0.717, 1.165) is 51.8 Å². The minimum atomic E-state index is 0.862. The van der Waals surface area contributed by atoms with Crippen LogP contribution in [-0.2, 0) is 9.47 Å². The number of rotatable bonds is 6. The van der Waals surface area contributed by atoms with Gasteiger partial charge in [0.1, 0.15) is 0 Å². The Morgan fingerprint density at radius 1 is 1.31 bits per heavy atom. The molecular formula is C9H19NO2S. The molecule has 1 aliphatic heterocycles. The van der Waals surface area contributed by atoms with E-state index < -0.39 is 0 Å². The predicted octanol–water partition coefficient (Wildman–Crippen LogP) is 0.698. The maximum absolute atomic E-state index is 5.47. The van der Waals surface area contributed by atoms with E-state index in [1.54, 1.807) is 0 Å². The molecule has 3 nitrogen and oxygen atoms in total. The summed E-state index contributed by atoms with van der Waals surface area (Å²) in [5, 5.41) is 0. The fourth-order valence-corrected chi connectivity index (χ4v) is 1.55. The molecule has 0 aromatic rings. The van der Waals surface area contributed by atoms with E-state index >= 15 is 0 Å². The van der Waals surface area contributed by atoms with E-state index in [0.29, 0.717) is 0 Å². The zero-order valence-electron chi connectivity index (χ0n) is 8.33. The Hall–Kier alpha value is 0.230. The average molecular weight is 205 g/mol. The van der Waals surface area contributed by atoms with Gasteiger partial charge in [-0.1, -0.05) is 0 Å². The summed E-state index contributed by atoms with van der Waals surface area (Å²) in [6, 6.07) is 0. The number of thioether (sulfide) groups is 1. The van der Waals surface area contributed by atoms with E-state index in [1.165, 1.54) is 0 Å². The average Bonchev–Trinajstić information content (AvgIpc) is 2.19. The first-order chi connectivity index (χ1) is 6.43. The summed E-state index contributed by atoms with van der Waals surface area (Å²) >= 11 is 1.83. The lowest BCUT2D eigenvalue weighted by Gasteiger charge is -2.26. The molecule has 0 aromatic heterocycles. The molecule has 0 aliphatic carbocycles. The first-order valence-corrected chi connectivity index (χ1v) is 6.19. The van der Waals surface area contributed by atoms with Gasteiger partial charge in [0.2, 0.25) is 0 Å². The van der Waals surface area contributed by atoms with Crippen LogP contribution in [0.4, 0.5) is 0 Å². The van der Waals surface area contributed by atoms with Crippen LogP contribution >= 0.6 is 11.8 Å². The van der Waals surface area contributed by atoms with E-state index in [-0.39, 0.29) is 0 Å². The molecule has 0 saturated carbocycles. The standard InChI is InChI=1S/C9H19NO2S/c1-13-9-8-12-7-4-10-2-5-11-6-3-10/h2-9H2,1H3. The minimum absolute atomic E-state index is 0.862. The zero-order chi connectivity index (χ0) is 9.36. The van der Waals surface area contributed by atoms with Gasteiger partial charge in [-0.3, -0.25) is 4.90 Å². The van der Waals surface area contributed by atoms with Gasteiger partial charge in [-0.25, -0.2) is 0 Å². The van der Waals surface area contributed by atoms with Crippen LogP contribution in [0.3, 0.4) is 0 Å². The van der Waals surface area contributed by atoms with Crippen molar-refractivity contribution in [2.45, 2.75) is 0 Å². The Balaban J connectivity index is 1.86. The monoisotopic (exact) mass is 205 g/mol. The summed E-state index contributed by atoms with van der Waals surface area (Å²) in [7, 11) is 0. The molecule has 0 radical (unpaired) electrons. The molecule has 1 rings (SSSR count). The Labute approximate surface area is 84.8 Å². The van der Waals surface area contributed by atoms with Gasteiger partial charge >= 0.3 is 0 Å². The molecule has 78 valence electrons. The number of morpholine rings is 1. The fraction of sp³-hybridized carbons (Fsp3) is 1.00. The van der Waals surface area contributed by atoms with Crippen LogP contribution < -0.4 is 0 Å². The molecular weight excluding hydrogens is 186 g/mol. The summed E-state index contributed by atoms with van der Waals surface area (Å²) < 4.78 is 10.7. The quantitative estimate of drug-likeness (QED) is 0.595. The highest BCUT2D eigenvalue weighted by Gasteiger charge is 2.08. The van der Waals surface area contributed by atoms with Gasteiger partial charge < -0.3 is 9.47 Å². The summed E-state index contributed by atoms with van der Waals surface area (Å²) in [4.78, 5) is 2.39. The van der Waals surface area contributed by atoms with Crippen LogP contribution in [0.1, 0.15) is 0 Å². The van der Waals surface area contributed by atoms with Gasteiger partial charge in [-0.05, 0) is 6.26 Å². The molecule has 13 heavy (non-hydrogen) atoms. The maximum atomic E-state index is 5.47. The fourth-order valence-electron chi connectivity index (χ4n) is 1.26. The van der Waals surface area contributed by atoms with Crippen LogP contribution in [0.15, 0.2) is 0 Å². The molecule has 1 saturated heterocycles. The molecule has 0 bridgehead atoms. The molecule has 0 aromatic carbocycles. The predicted molar refractivity (Wildman–Crippen MR) is 56.5 cm³/mol. The maximum Gasteiger partial charge on any atom is 0.0594 e. The number of nitrogens with zero attached hydrogens (tertiary/aromatic N) is 1. The molecule has 0 amide bonds. The largest absolute Gasteiger partial charge is 0.379 e. The van der Waals surface area contributed by atoms with E-state index in [1.807, 2.05) is 11.8 Å². The summed E-state index contributed by atoms with van der Waals surface area (Å²) in [5.41, 5.74) is 0. The lowest BCUT2D eigenvalue weighted by molar-refractivity contribution is 0.0222. The van der Waals surface area contributed by atoms with Gasteiger partial charge in [0.25, 0.3) is 0 Å². The Bertz CT molecular complexity index is 118. The second-order valence-corrected chi connectivity index (χ2v) is 4.04. The molecule has 0 spiro atoms. The lowest BCUT2D eigenvalue weighted by Crippen LogP contribution is -2.38. The van der Waals surface area contributed by atoms with Crippen molar-refractivity contribution in [1.82, 2.24) is 4.90 Å². The molecule has 4 heteroatoms. The van der Waals surface area contributed by atoms with Crippen molar-refractivity contribution in [3.05, 3.63) is 0 Å². The van der Waals surface area contributed by atoms with Crippen molar-refractivity contribution in [3.63, 3.8) is 0 Å². The van der Waals surface area contributed by atoms with E-state index in [9.17, 15) is 0 Å². The van der Waals surface area contributed by atoms with E-state index in [2.05, 4.69) is 11.2 Å². The third kappa shape index (κ3) is 5.52. The van der Waals surface area contributed by atoms with Gasteiger partial charge in [-0.15, -0.1) is 0 Å². The Morgan fingerprint density at radius 3 is 2.77 bits per heavy atom. The summed E-state index contributed by atoms with van der Waals surface area (Å²) in [6.07, 6.45) is 2.10. The third-order valence-electron chi connectivity index (χ3n) is 2.09. The number of hydrogen-bond acceptors (Lipinski definition) is 4. The highest BCUT2D eigenvalue weighted by Crippen LogP contribution is 1.96. The van der Waals surface area contributed by atoms with Crippen LogP contribution in [0.2, 0.25) is 0 Å². The zero-order valence-corrected chi connectivity index (χ0v) is 9.15. The SMILES string of the molecule is CSCCOCCN1CCOCC1. The summed E-state index contributed by atoms with van der Waals surface area (Å²) in [5.74, 6) is 1.10. The van der Waals surface area contributed by atoms with Crippen LogP contribution in [0.25, 0.3) is 0 Å². The first kappa shape index (κ1) is 11.3. The Kier molecular flexibility index (Phi) is 6.62. The van der Waals surface area contributed by atoms with Crippen molar-refractivity contribution in [1.29, 1.82) is 0 Å². The summed E-state index contributed by atoms with van der Waals surface area (Å²) in [6.45, 7) is 6.68. The third-order valence-corrected chi connectivity index (χ3v) is 2.66. The van der Waals surface area contributed by atoms with E-state index in [4.69, 9.17) is 9.47 Å². The highest BCUT2D eigenvalue weighted by atomic mass is 32.2. The van der Waals surface area contributed by atoms with Crippen molar-refractivity contribution in [2.75, 3.05) is 58.1 Å². The number of ether oxygens (including phenoxy) is 2. The lowest BCUT2D eigenvalue weighted by atomic mass is 10.4. The van der Waals surface area contributed by atoms with Crippen molar-refractivity contribution >= 4 is 11.8 Å². The molecule has 0 atom stereocenters. The van der Waals surface area contributed by atoms with Crippen LogP contribution in [0, 0.1) is 0 Å². The molecule has 0 unspecified atom stereocenters. The van der Waals surface area contributed by atoms with Gasteiger partial charge in [0.15, 0.2) is 0 Å². The second-order valence-electron chi connectivity index (χ2n) is 3.06. The molecule has 1 fully saturated rings.